The Bertz CT molecular complexity index is 1760. The highest BCUT2D eigenvalue weighted by molar-refractivity contribution is 7.26. The first kappa shape index (κ1) is 15.9. The van der Waals surface area contributed by atoms with Crippen molar-refractivity contribution in [3.8, 4) is 5.82 Å². The summed E-state index contributed by atoms with van der Waals surface area (Å²) in [6, 6.07) is 16.9. The molecule has 7 rings (SSSR count). The van der Waals surface area contributed by atoms with Crippen LogP contribution < -0.4 is 0 Å². The van der Waals surface area contributed by atoms with E-state index in [0.29, 0.717) is 17.1 Å². The summed E-state index contributed by atoms with van der Waals surface area (Å²) in [5.41, 5.74) is 4.07. The fourth-order valence-corrected chi connectivity index (χ4v) is 5.44. The van der Waals surface area contributed by atoms with Gasteiger partial charge in [0.2, 0.25) is 0 Å². The van der Waals surface area contributed by atoms with Gasteiger partial charge in [0.15, 0.2) is 17.1 Å². The van der Waals surface area contributed by atoms with E-state index in [0.717, 1.165) is 21.9 Å². The van der Waals surface area contributed by atoms with Crippen molar-refractivity contribution in [3.63, 3.8) is 0 Å². The lowest BCUT2D eigenvalue weighted by molar-refractivity contribution is 1.05. The monoisotopic (exact) mass is 404 g/mol. The van der Waals surface area contributed by atoms with E-state index in [2.05, 4.69) is 62.0 Å². The van der Waals surface area contributed by atoms with Gasteiger partial charge in [-0.05, 0) is 24.3 Å². The molecule has 0 aliphatic rings. The zero-order valence-corrected chi connectivity index (χ0v) is 16.3. The average molecular weight is 404 g/mol. The minimum atomic E-state index is 0.525. The predicted octanol–water partition coefficient (Wildman–Crippen LogP) is 5.28. The molecule has 0 bridgehead atoms. The number of rotatable bonds is 1. The molecule has 0 amide bonds. The molecule has 0 fully saturated rings. The van der Waals surface area contributed by atoms with E-state index in [1.807, 2.05) is 12.3 Å². The van der Waals surface area contributed by atoms with Crippen LogP contribution in [0, 0.1) is 0 Å². The molecule has 0 saturated carbocycles. The zero-order valence-electron chi connectivity index (χ0n) is 15.5. The molecule has 0 radical (unpaired) electrons. The quantitative estimate of drug-likeness (QED) is 0.372. The van der Waals surface area contributed by atoms with Crippen molar-refractivity contribution < 1.29 is 0 Å². The second-order valence-corrected chi connectivity index (χ2v) is 8.13. The molecule has 5 heterocycles. The maximum atomic E-state index is 4.75. The van der Waals surface area contributed by atoms with Crippen LogP contribution in [0.3, 0.4) is 0 Å². The third-order valence-electron chi connectivity index (χ3n) is 5.44. The van der Waals surface area contributed by atoms with Gasteiger partial charge in [0, 0.05) is 44.1 Å². The summed E-state index contributed by atoms with van der Waals surface area (Å²) in [5.74, 6) is 0.705. The van der Waals surface area contributed by atoms with E-state index < -0.39 is 0 Å². The Kier molecular flexibility index (Phi) is 3.06. The van der Waals surface area contributed by atoms with Crippen molar-refractivity contribution in [3.05, 3.63) is 73.3 Å². The molecule has 140 valence electrons. The molecule has 7 heteroatoms. The Hall–Kier alpha value is -3.97. The minimum Gasteiger partial charge on any atom is -0.291 e. The summed E-state index contributed by atoms with van der Waals surface area (Å²) >= 11 is 1.81. The molecule has 7 aromatic rings. The number of nitrogens with zero attached hydrogens (tertiary/aromatic N) is 6. The van der Waals surface area contributed by atoms with E-state index in [1.54, 1.807) is 29.9 Å². The first-order valence-electron chi connectivity index (χ1n) is 9.52. The minimum absolute atomic E-state index is 0.525. The molecule has 0 unspecified atom stereocenters. The van der Waals surface area contributed by atoms with Crippen LogP contribution in [-0.2, 0) is 0 Å². The van der Waals surface area contributed by atoms with Crippen molar-refractivity contribution >= 4 is 64.7 Å². The van der Waals surface area contributed by atoms with Crippen LogP contribution in [0.25, 0.3) is 59.2 Å². The molecule has 0 saturated heterocycles. The molecule has 0 atom stereocenters. The maximum absolute atomic E-state index is 4.75. The third-order valence-corrected chi connectivity index (χ3v) is 6.65. The molecular weight excluding hydrogens is 392 g/mol. The first-order valence-corrected chi connectivity index (χ1v) is 10.3. The summed E-state index contributed by atoms with van der Waals surface area (Å²) in [6.07, 6.45) is 6.85. The SMILES string of the molecule is c1ccc2c(c1)sc1c2ccc2c1c1ncccc1n2-c1cnc2nccnc2n1. The van der Waals surface area contributed by atoms with Gasteiger partial charge in [0.05, 0.1) is 22.7 Å². The Morgan fingerprint density at radius 1 is 0.700 bits per heavy atom. The van der Waals surface area contributed by atoms with Gasteiger partial charge in [-0.2, -0.15) is 0 Å². The Morgan fingerprint density at radius 2 is 1.60 bits per heavy atom. The van der Waals surface area contributed by atoms with Crippen LogP contribution in [-0.4, -0.2) is 29.5 Å². The van der Waals surface area contributed by atoms with Crippen LogP contribution in [0.2, 0.25) is 0 Å². The van der Waals surface area contributed by atoms with Crippen molar-refractivity contribution in [1.82, 2.24) is 29.5 Å². The molecule has 0 aliphatic carbocycles. The lowest BCUT2D eigenvalue weighted by Crippen LogP contribution is -2.00. The number of hydrogen-bond donors (Lipinski definition) is 0. The second-order valence-electron chi connectivity index (χ2n) is 7.07. The molecule has 0 N–H and O–H groups in total. The largest absolute Gasteiger partial charge is 0.291 e. The van der Waals surface area contributed by atoms with Crippen LogP contribution >= 0.6 is 11.3 Å². The number of fused-ring (bicyclic) bond motifs is 8. The Balaban J connectivity index is 1.67. The van der Waals surface area contributed by atoms with E-state index in [9.17, 15) is 0 Å². The fourth-order valence-electron chi connectivity index (χ4n) is 4.20. The second kappa shape index (κ2) is 5.77. The van der Waals surface area contributed by atoms with Gasteiger partial charge in [-0.1, -0.05) is 24.3 Å². The van der Waals surface area contributed by atoms with Crippen LogP contribution in [0.1, 0.15) is 0 Å². The molecule has 0 aliphatic heterocycles. The molecule has 2 aromatic carbocycles. The van der Waals surface area contributed by atoms with Gasteiger partial charge >= 0.3 is 0 Å². The molecule has 0 spiro atoms. The lowest BCUT2D eigenvalue weighted by atomic mass is 10.1. The third kappa shape index (κ3) is 2.04. The van der Waals surface area contributed by atoms with E-state index in [4.69, 9.17) is 9.97 Å². The zero-order chi connectivity index (χ0) is 19.7. The summed E-state index contributed by atoms with van der Waals surface area (Å²) in [6.45, 7) is 0. The van der Waals surface area contributed by atoms with Crippen molar-refractivity contribution in [2.45, 2.75) is 0 Å². The highest BCUT2D eigenvalue weighted by Crippen LogP contribution is 2.42. The van der Waals surface area contributed by atoms with Crippen LogP contribution in [0.4, 0.5) is 0 Å². The molecular formula is C23H12N6S. The van der Waals surface area contributed by atoms with Gasteiger partial charge in [0.1, 0.15) is 0 Å². The standard InChI is InChI=1S/C23H12N6S/c1-2-6-17-13(4-1)14-7-8-15-19(21(14)30-17)20-16(5-3-9-24-20)29(15)18-12-27-22-23(28-18)26-11-10-25-22/h1-12H. The van der Waals surface area contributed by atoms with Gasteiger partial charge in [-0.25, -0.2) is 19.9 Å². The Labute approximate surface area is 173 Å². The van der Waals surface area contributed by atoms with Crippen LogP contribution in [0.5, 0.6) is 0 Å². The van der Waals surface area contributed by atoms with Gasteiger partial charge in [-0.3, -0.25) is 9.55 Å². The highest BCUT2D eigenvalue weighted by Gasteiger charge is 2.19. The van der Waals surface area contributed by atoms with Gasteiger partial charge < -0.3 is 0 Å². The first-order chi connectivity index (χ1) is 14.9. The van der Waals surface area contributed by atoms with Crippen LogP contribution in [0.15, 0.2) is 73.3 Å². The number of hydrogen-bond acceptors (Lipinski definition) is 6. The van der Waals surface area contributed by atoms with E-state index in [-0.39, 0.29) is 0 Å². The van der Waals surface area contributed by atoms with E-state index >= 15 is 0 Å². The maximum Gasteiger partial charge on any atom is 0.199 e. The smallest absolute Gasteiger partial charge is 0.199 e. The van der Waals surface area contributed by atoms with Gasteiger partial charge in [-0.15, -0.1) is 11.3 Å². The number of benzene rings is 2. The normalized spacial score (nSPS) is 12.0. The van der Waals surface area contributed by atoms with Crippen molar-refractivity contribution in [2.24, 2.45) is 0 Å². The van der Waals surface area contributed by atoms with E-state index in [1.165, 1.54) is 20.2 Å². The molecule has 6 nitrogen and oxygen atoms in total. The predicted molar refractivity (Wildman–Crippen MR) is 120 cm³/mol. The number of thiophene rings is 1. The topological polar surface area (TPSA) is 69.4 Å². The fraction of sp³-hybridized carbons (Fsp3) is 0. The van der Waals surface area contributed by atoms with Crippen molar-refractivity contribution in [2.75, 3.05) is 0 Å². The lowest BCUT2D eigenvalue weighted by Gasteiger charge is -2.06. The molecule has 5 aromatic heterocycles. The summed E-state index contributed by atoms with van der Waals surface area (Å²) in [7, 11) is 0. The highest BCUT2D eigenvalue weighted by atomic mass is 32.1. The summed E-state index contributed by atoms with van der Waals surface area (Å²) in [5, 5.41) is 3.67. The number of pyridine rings is 1. The van der Waals surface area contributed by atoms with Crippen molar-refractivity contribution in [1.29, 1.82) is 0 Å². The summed E-state index contributed by atoms with van der Waals surface area (Å²) < 4.78 is 4.63. The summed E-state index contributed by atoms with van der Waals surface area (Å²) in [4.78, 5) is 22.5. The Morgan fingerprint density at radius 3 is 2.57 bits per heavy atom. The van der Waals surface area contributed by atoms with Gasteiger partial charge in [0.25, 0.3) is 0 Å². The molecule has 30 heavy (non-hydrogen) atoms. The number of aromatic nitrogens is 6. The average Bonchev–Trinajstić information content (AvgIpc) is 3.34.